The van der Waals surface area contributed by atoms with Crippen LogP contribution in [0.4, 0.5) is 0 Å². The molecule has 0 aromatic heterocycles. The van der Waals surface area contributed by atoms with Crippen LogP contribution in [-0.2, 0) is 4.79 Å². The number of hydrogen-bond acceptors (Lipinski definition) is 1. The molecule has 0 saturated carbocycles. The molecule has 0 heterocycles. The maximum atomic E-state index is 10.1. The lowest BCUT2D eigenvalue weighted by molar-refractivity contribution is -0.108. The third kappa shape index (κ3) is 5.84. The van der Waals surface area contributed by atoms with E-state index in [9.17, 15) is 4.79 Å². The standard InChI is InChI=1S/C10H18O/c1-4-9(2)5-6-10(3)7-8-11/h4,8-10H,1,5-7H2,2-3H3. The van der Waals surface area contributed by atoms with Crippen LogP contribution in [0, 0.1) is 11.8 Å². The molecule has 0 aliphatic rings. The molecular weight excluding hydrogens is 136 g/mol. The Kier molecular flexibility index (Phi) is 5.81. The molecule has 0 saturated heterocycles. The van der Waals surface area contributed by atoms with Gasteiger partial charge in [-0.3, -0.25) is 0 Å². The summed E-state index contributed by atoms with van der Waals surface area (Å²) in [5, 5.41) is 0. The van der Waals surface area contributed by atoms with E-state index in [1.165, 1.54) is 0 Å². The minimum absolute atomic E-state index is 0.537. The fourth-order valence-electron chi connectivity index (χ4n) is 0.947. The van der Waals surface area contributed by atoms with Crippen molar-refractivity contribution in [3.05, 3.63) is 12.7 Å². The van der Waals surface area contributed by atoms with E-state index < -0.39 is 0 Å². The number of carbonyl (C=O) groups excluding carboxylic acids is 1. The van der Waals surface area contributed by atoms with E-state index in [0.29, 0.717) is 18.3 Å². The molecular formula is C10H18O. The van der Waals surface area contributed by atoms with Gasteiger partial charge in [-0.15, -0.1) is 6.58 Å². The molecule has 1 nitrogen and oxygen atoms in total. The smallest absolute Gasteiger partial charge is 0.120 e. The molecule has 0 rings (SSSR count). The average molecular weight is 154 g/mol. The molecule has 1 heteroatoms. The minimum Gasteiger partial charge on any atom is -0.303 e. The first-order chi connectivity index (χ1) is 5.20. The normalized spacial score (nSPS) is 15.5. The first kappa shape index (κ1) is 10.4. The molecule has 0 N–H and O–H groups in total. The molecule has 11 heavy (non-hydrogen) atoms. The van der Waals surface area contributed by atoms with Crippen molar-refractivity contribution in [2.24, 2.45) is 11.8 Å². The Morgan fingerprint density at radius 2 is 2.00 bits per heavy atom. The quantitative estimate of drug-likeness (QED) is 0.424. The van der Waals surface area contributed by atoms with Crippen molar-refractivity contribution in [3.8, 4) is 0 Å². The molecule has 2 unspecified atom stereocenters. The zero-order valence-corrected chi connectivity index (χ0v) is 7.55. The number of allylic oxidation sites excluding steroid dienone is 1. The van der Waals surface area contributed by atoms with Gasteiger partial charge < -0.3 is 4.79 Å². The third-order valence-corrected chi connectivity index (χ3v) is 2.02. The third-order valence-electron chi connectivity index (χ3n) is 2.02. The Morgan fingerprint density at radius 3 is 2.45 bits per heavy atom. The highest BCUT2D eigenvalue weighted by molar-refractivity contribution is 5.49. The molecule has 0 radical (unpaired) electrons. The maximum absolute atomic E-state index is 10.1. The van der Waals surface area contributed by atoms with Crippen LogP contribution < -0.4 is 0 Å². The van der Waals surface area contributed by atoms with Crippen molar-refractivity contribution in [3.63, 3.8) is 0 Å². The Hall–Kier alpha value is -0.590. The zero-order chi connectivity index (χ0) is 8.69. The highest BCUT2D eigenvalue weighted by atomic mass is 16.1. The van der Waals surface area contributed by atoms with E-state index in [4.69, 9.17) is 0 Å². The fraction of sp³-hybridized carbons (Fsp3) is 0.700. The van der Waals surface area contributed by atoms with Gasteiger partial charge in [-0.2, -0.15) is 0 Å². The van der Waals surface area contributed by atoms with E-state index in [1.54, 1.807) is 0 Å². The largest absolute Gasteiger partial charge is 0.303 e. The molecule has 0 aliphatic carbocycles. The zero-order valence-electron chi connectivity index (χ0n) is 7.55. The predicted octanol–water partition coefficient (Wildman–Crippen LogP) is 2.81. The molecule has 0 fully saturated rings. The van der Waals surface area contributed by atoms with E-state index in [0.717, 1.165) is 19.1 Å². The molecule has 64 valence electrons. The lowest BCUT2D eigenvalue weighted by Crippen LogP contribution is -1.98. The van der Waals surface area contributed by atoms with Gasteiger partial charge in [0.2, 0.25) is 0 Å². The summed E-state index contributed by atoms with van der Waals surface area (Å²) in [6.45, 7) is 7.98. The summed E-state index contributed by atoms with van der Waals surface area (Å²) in [7, 11) is 0. The van der Waals surface area contributed by atoms with E-state index in [2.05, 4.69) is 20.4 Å². The van der Waals surface area contributed by atoms with Crippen LogP contribution in [0.2, 0.25) is 0 Å². The first-order valence-corrected chi connectivity index (χ1v) is 4.26. The topological polar surface area (TPSA) is 17.1 Å². The Morgan fingerprint density at radius 1 is 1.36 bits per heavy atom. The SMILES string of the molecule is C=CC(C)CCC(C)CC=O. The highest BCUT2D eigenvalue weighted by Gasteiger charge is 2.02. The average Bonchev–Trinajstić information content (AvgIpc) is 2.01. The van der Waals surface area contributed by atoms with Gasteiger partial charge in [0, 0.05) is 6.42 Å². The van der Waals surface area contributed by atoms with Crippen LogP contribution in [0.3, 0.4) is 0 Å². The summed E-state index contributed by atoms with van der Waals surface area (Å²) < 4.78 is 0. The minimum atomic E-state index is 0.537. The van der Waals surface area contributed by atoms with Gasteiger partial charge in [-0.05, 0) is 24.7 Å². The number of hydrogen-bond donors (Lipinski definition) is 0. The Balaban J connectivity index is 3.36. The number of aldehydes is 1. The number of carbonyl (C=O) groups is 1. The van der Waals surface area contributed by atoms with Crippen molar-refractivity contribution >= 4 is 6.29 Å². The van der Waals surface area contributed by atoms with Gasteiger partial charge in [0.1, 0.15) is 6.29 Å². The lowest BCUT2D eigenvalue weighted by Gasteiger charge is -2.09. The van der Waals surface area contributed by atoms with Crippen molar-refractivity contribution in [1.29, 1.82) is 0 Å². The molecule has 0 aromatic carbocycles. The summed E-state index contributed by atoms with van der Waals surface area (Å²) in [5.41, 5.74) is 0. The van der Waals surface area contributed by atoms with Crippen LogP contribution in [0.25, 0.3) is 0 Å². The van der Waals surface area contributed by atoms with Crippen molar-refractivity contribution in [2.75, 3.05) is 0 Å². The van der Waals surface area contributed by atoms with Crippen molar-refractivity contribution in [2.45, 2.75) is 33.1 Å². The fourth-order valence-corrected chi connectivity index (χ4v) is 0.947. The summed E-state index contributed by atoms with van der Waals surface area (Å²) >= 11 is 0. The van der Waals surface area contributed by atoms with Gasteiger partial charge in [0.05, 0.1) is 0 Å². The van der Waals surface area contributed by atoms with Gasteiger partial charge in [0.25, 0.3) is 0 Å². The monoisotopic (exact) mass is 154 g/mol. The second-order valence-electron chi connectivity index (χ2n) is 3.30. The van der Waals surface area contributed by atoms with E-state index in [1.807, 2.05) is 6.08 Å². The van der Waals surface area contributed by atoms with Crippen molar-refractivity contribution in [1.82, 2.24) is 0 Å². The molecule has 0 aliphatic heterocycles. The summed E-state index contributed by atoms with van der Waals surface area (Å²) in [5.74, 6) is 1.12. The second kappa shape index (κ2) is 6.14. The van der Waals surface area contributed by atoms with Crippen LogP contribution in [-0.4, -0.2) is 6.29 Å². The van der Waals surface area contributed by atoms with Crippen LogP contribution in [0.15, 0.2) is 12.7 Å². The van der Waals surface area contributed by atoms with E-state index >= 15 is 0 Å². The van der Waals surface area contributed by atoms with Crippen LogP contribution in [0.1, 0.15) is 33.1 Å². The Bertz CT molecular complexity index is 118. The summed E-state index contributed by atoms with van der Waals surface area (Å²) in [6, 6.07) is 0. The van der Waals surface area contributed by atoms with Gasteiger partial charge in [-0.25, -0.2) is 0 Å². The highest BCUT2D eigenvalue weighted by Crippen LogP contribution is 2.14. The summed E-state index contributed by atoms with van der Waals surface area (Å²) in [6.07, 6.45) is 5.95. The molecule has 0 aromatic rings. The van der Waals surface area contributed by atoms with Gasteiger partial charge in [0.15, 0.2) is 0 Å². The maximum Gasteiger partial charge on any atom is 0.120 e. The Labute approximate surface area is 69.5 Å². The second-order valence-corrected chi connectivity index (χ2v) is 3.30. The molecule has 0 spiro atoms. The predicted molar refractivity (Wildman–Crippen MR) is 48.4 cm³/mol. The molecule has 0 amide bonds. The van der Waals surface area contributed by atoms with Crippen LogP contribution in [0.5, 0.6) is 0 Å². The summed E-state index contributed by atoms with van der Waals surface area (Å²) in [4.78, 5) is 10.1. The lowest BCUT2D eigenvalue weighted by atomic mass is 9.96. The first-order valence-electron chi connectivity index (χ1n) is 4.26. The molecule has 2 atom stereocenters. The van der Waals surface area contributed by atoms with Gasteiger partial charge >= 0.3 is 0 Å². The van der Waals surface area contributed by atoms with Crippen molar-refractivity contribution < 1.29 is 4.79 Å². The van der Waals surface area contributed by atoms with Gasteiger partial charge in [-0.1, -0.05) is 19.9 Å². The van der Waals surface area contributed by atoms with E-state index in [-0.39, 0.29) is 0 Å². The number of rotatable bonds is 6. The molecule has 0 bridgehead atoms. The van der Waals surface area contributed by atoms with Crippen LogP contribution >= 0.6 is 0 Å².